The normalized spacial score (nSPS) is 10.5. The maximum absolute atomic E-state index is 5.55. The van der Waals surface area contributed by atoms with Gasteiger partial charge in [-0.05, 0) is 6.07 Å². The SMILES string of the molecule is NCc1ccnn1Cc1cncs1. The van der Waals surface area contributed by atoms with Crippen LogP contribution < -0.4 is 5.73 Å². The van der Waals surface area contributed by atoms with Crippen LogP contribution in [0.3, 0.4) is 0 Å². The average molecular weight is 194 g/mol. The van der Waals surface area contributed by atoms with Gasteiger partial charge in [0.2, 0.25) is 0 Å². The molecule has 0 saturated heterocycles. The topological polar surface area (TPSA) is 56.7 Å². The Kier molecular flexibility index (Phi) is 2.37. The predicted octanol–water partition coefficient (Wildman–Crippen LogP) is 0.847. The summed E-state index contributed by atoms with van der Waals surface area (Å²) in [6, 6.07) is 1.93. The van der Waals surface area contributed by atoms with E-state index in [0.717, 1.165) is 12.2 Å². The van der Waals surface area contributed by atoms with Gasteiger partial charge < -0.3 is 5.73 Å². The first-order chi connectivity index (χ1) is 6.40. The summed E-state index contributed by atoms with van der Waals surface area (Å²) in [6.45, 7) is 1.29. The molecule has 0 spiro atoms. The number of hydrogen-bond donors (Lipinski definition) is 1. The van der Waals surface area contributed by atoms with Crippen LogP contribution in [0.25, 0.3) is 0 Å². The van der Waals surface area contributed by atoms with Crippen LogP contribution in [0.15, 0.2) is 24.0 Å². The van der Waals surface area contributed by atoms with Gasteiger partial charge in [0.1, 0.15) is 0 Å². The van der Waals surface area contributed by atoms with Gasteiger partial charge in [-0.25, -0.2) is 0 Å². The van der Waals surface area contributed by atoms with E-state index < -0.39 is 0 Å². The lowest BCUT2D eigenvalue weighted by atomic mass is 10.4. The van der Waals surface area contributed by atoms with Crippen LogP contribution in [0, 0.1) is 0 Å². The summed E-state index contributed by atoms with van der Waals surface area (Å²) < 4.78 is 1.90. The first-order valence-electron chi connectivity index (χ1n) is 3.98. The first-order valence-corrected chi connectivity index (χ1v) is 4.86. The summed E-state index contributed by atoms with van der Waals surface area (Å²) in [5.74, 6) is 0. The van der Waals surface area contributed by atoms with Crippen LogP contribution in [-0.2, 0) is 13.1 Å². The van der Waals surface area contributed by atoms with E-state index in [2.05, 4.69) is 10.1 Å². The van der Waals surface area contributed by atoms with Crippen molar-refractivity contribution in [3.63, 3.8) is 0 Å². The molecule has 5 heteroatoms. The molecular weight excluding hydrogens is 184 g/mol. The van der Waals surface area contributed by atoms with Crippen LogP contribution in [0.1, 0.15) is 10.6 Å². The molecule has 0 atom stereocenters. The second kappa shape index (κ2) is 3.68. The van der Waals surface area contributed by atoms with Crippen molar-refractivity contribution < 1.29 is 0 Å². The van der Waals surface area contributed by atoms with Crippen molar-refractivity contribution in [1.82, 2.24) is 14.8 Å². The van der Waals surface area contributed by atoms with E-state index >= 15 is 0 Å². The van der Waals surface area contributed by atoms with Gasteiger partial charge in [0, 0.05) is 23.8 Å². The summed E-state index contributed by atoms with van der Waals surface area (Å²) >= 11 is 1.63. The van der Waals surface area contributed by atoms with Gasteiger partial charge in [0.15, 0.2) is 0 Å². The third kappa shape index (κ3) is 1.76. The number of thiazole rings is 1. The Morgan fingerprint density at radius 3 is 3.15 bits per heavy atom. The quantitative estimate of drug-likeness (QED) is 0.788. The fourth-order valence-corrected chi connectivity index (χ4v) is 1.72. The zero-order valence-corrected chi connectivity index (χ0v) is 7.87. The summed E-state index contributed by atoms with van der Waals surface area (Å²) in [4.78, 5) is 5.20. The van der Waals surface area contributed by atoms with E-state index in [-0.39, 0.29) is 0 Å². The van der Waals surface area contributed by atoms with Crippen LogP contribution in [-0.4, -0.2) is 14.8 Å². The standard InChI is InChI=1S/C8H10N4S/c9-3-7-1-2-11-12(7)5-8-4-10-6-13-8/h1-2,4,6H,3,5,9H2. The van der Waals surface area contributed by atoms with Crippen molar-refractivity contribution in [3.8, 4) is 0 Å². The largest absolute Gasteiger partial charge is 0.325 e. The molecule has 68 valence electrons. The number of rotatable bonds is 3. The van der Waals surface area contributed by atoms with Crippen molar-refractivity contribution in [3.05, 3.63) is 34.5 Å². The van der Waals surface area contributed by atoms with E-state index in [0.29, 0.717) is 6.54 Å². The molecule has 0 saturated carbocycles. The number of nitrogens with zero attached hydrogens (tertiary/aromatic N) is 3. The minimum Gasteiger partial charge on any atom is -0.325 e. The van der Waals surface area contributed by atoms with Gasteiger partial charge in [-0.2, -0.15) is 5.10 Å². The highest BCUT2D eigenvalue weighted by atomic mass is 32.1. The van der Waals surface area contributed by atoms with Gasteiger partial charge in [0.25, 0.3) is 0 Å². The Morgan fingerprint density at radius 2 is 2.46 bits per heavy atom. The van der Waals surface area contributed by atoms with Crippen LogP contribution in [0.2, 0.25) is 0 Å². The van der Waals surface area contributed by atoms with Crippen molar-refractivity contribution in [2.75, 3.05) is 0 Å². The third-order valence-electron chi connectivity index (χ3n) is 1.80. The molecule has 2 rings (SSSR count). The Bertz CT molecular complexity index is 365. The maximum atomic E-state index is 5.55. The highest BCUT2D eigenvalue weighted by Crippen LogP contribution is 2.08. The van der Waals surface area contributed by atoms with Crippen molar-refractivity contribution >= 4 is 11.3 Å². The van der Waals surface area contributed by atoms with Gasteiger partial charge >= 0.3 is 0 Å². The summed E-state index contributed by atoms with van der Waals surface area (Å²) in [7, 11) is 0. The van der Waals surface area contributed by atoms with Crippen LogP contribution in [0.5, 0.6) is 0 Å². The average Bonchev–Trinajstić information content (AvgIpc) is 2.76. The fourth-order valence-electron chi connectivity index (χ4n) is 1.14. The Hall–Kier alpha value is -1.20. The Morgan fingerprint density at radius 1 is 1.54 bits per heavy atom. The minimum atomic E-state index is 0.527. The molecule has 0 amide bonds. The van der Waals surface area contributed by atoms with E-state index in [1.807, 2.05) is 22.5 Å². The van der Waals surface area contributed by atoms with E-state index in [1.165, 1.54) is 4.88 Å². The van der Waals surface area contributed by atoms with Gasteiger partial charge in [0.05, 0.1) is 17.7 Å². The van der Waals surface area contributed by atoms with Crippen LogP contribution >= 0.6 is 11.3 Å². The molecule has 0 unspecified atom stereocenters. The second-order valence-electron chi connectivity index (χ2n) is 2.65. The zero-order valence-electron chi connectivity index (χ0n) is 7.05. The molecule has 4 nitrogen and oxygen atoms in total. The van der Waals surface area contributed by atoms with E-state index in [4.69, 9.17) is 5.73 Å². The molecule has 0 aliphatic heterocycles. The van der Waals surface area contributed by atoms with Crippen molar-refractivity contribution in [1.29, 1.82) is 0 Å². The smallest absolute Gasteiger partial charge is 0.0794 e. The monoisotopic (exact) mass is 194 g/mol. The Balaban J connectivity index is 2.18. The summed E-state index contributed by atoms with van der Waals surface area (Å²) in [5, 5.41) is 4.18. The van der Waals surface area contributed by atoms with Gasteiger partial charge in [-0.15, -0.1) is 11.3 Å². The van der Waals surface area contributed by atoms with Gasteiger partial charge in [-0.3, -0.25) is 9.67 Å². The minimum absolute atomic E-state index is 0.527. The molecule has 0 fully saturated rings. The fraction of sp³-hybridized carbons (Fsp3) is 0.250. The van der Waals surface area contributed by atoms with Gasteiger partial charge in [-0.1, -0.05) is 0 Å². The van der Waals surface area contributed by atoms with E-state index in [9.17, 15) is 0 Å². The summed E-state index contributed by atoms with van der Waals surface area (Å²) in [6.07, 6.45) is 3.62. The van der Waals surface area contributed by atoms with Crippen molar-refractivity contribution in [2.45, 2.75) is 13.1 Å². The van der Waals surface area contributed by atoms with E-state index in [1.54, 1.807) is 17.5 Å². The molecule has 13 heavy (non-hydrogen) atoms. The first kappa shape index (κ1) is 8.40. The molecule has 0 aliphatic rings. The number of nitrogens with two attached hydrogens (primary N) is 1. The highest BCUT2D eigenvalue weighted by Gasteiger charge is 2.01. The molecule has 2 aromatic heterocycles. The van der Waals surface area contributed by atoms with Crippen molar-refractivity contribution in [2.24, 2.45) is 5.73 Å². The molecule has 0 aromatic carbocycles. The zero-order chi connectivity index (χ0) is 9.10. The lowest BCUT2D eigenvalue weighted by Crippen LogP contribution is -2.08. The predicted molar refractivity (Wildman–Crippen MR) is 51.3 cm³/mol. The summed E-state index contributed by atoms with van der Waals surface area (Å²) in [5.41, 5.74) is 8.42. The number of hydrogen-bond acceptors (Lipinski definition) is 4. The lowest BCUT2D eigenvalue weighted by molar-refractivity contribution is 0.651. The number of aromatic nitrogens is 3. The Labute approximate surface area is 80.0 Å². The molecular formula is C8H10N4S. The molecule has 0 aliphatic carbocycles. The maximum Gasteiger partial charge on any atom is 0.0794 e. The molecule has 2 heterocycles. The molecule has 0 bridgehead atoms. The third-order valence-corrected chi connectivity index (χ3v) is 2.57. The molecule has 2 N–H and O–H groups in total. The molecule has 0 radical (unpaired) electrons. The van der Waals surface area contributed by atoms with Crippen LogP contribution in [0.4, 0.5) is 0 Å². The molecule has 2 aromatic rings. The highest BCUT2D eigenvalue weighted by molar-refractivity contribution is 7.09. The second-order valence-corrected chi connectivity index (χ2v) is 3.62. The lowest BCUT2D eigenvalue weighted by Gasteiger charge is -2.02.